The summed E-state index contributed by atoms with van der Waals surface area (Å²) in [5.41, 5.74) is 6.37. The van der Waals surface area contributed by atoms with Crippen molar-refractivity contribution in [3.05, 3.63) is 36.7 Å². The minimum Gasteiger partial charge on any atom is -0.440 e. The highest BCUT2D eigenvalue weighted by molar-refractivity contribution is 7.99. The number of aromatic nitrogens is 1. The summed E-state index contributed by atoms with van der Waals surface area (Å²) in [6.45, 7) is 0. The van der Waals surface area contributed by atoms with Gasteiger partial charge < -0.3 is 10.2 Å². The van der Waals surface area contributed by atoms with Crippen LogP contribution in [0.25, 0.3) is 0 Å². The van der Waals surface area contributed by atoms with E-state index in [2.05, 4.69) is 4.98 Å². The largest absolute Gasteiger partial charge is 0.440 e. The third kappa shape index (κ3) is 2.03. The molecule has 3 nitrogen and oxygen atoms in total. The molecule has 0 aliphatic rings. The molecule has 66 valence electrons. The number of nitrogen functional groups attached to an aromatic ring is 1. The average Bonchev–Trinajstić information content (AvgIpc) is 2.57. The van der Waals surface area contributed by atoms with Crippen LogP contribution in [0.2, 0.25) is 0 Å². The summed E-state index contributed by atoms with van der Waals surface area (Å²) in [5, 5.41) is 0.630. The van der Waals surface area contributed by atoms with E-state index in [4.69, 9.17) is 10.2 Å². The van der Waals surface area contributed by atoms with Crippen molar-refractivity contribution < 1.29 is 4.42 Å². The molecule has 0 fully saturated rings. The van der Waals surface area contributed by atoms with Crippen LogP contribution >= 0.6 is 11.8 Å². The minimum atomic E-state index is 0.630. The van der Waals surface area contributed by atoms with Gasteiger partial charge in [-0.1, -0.05) is 6.07 Å². The molecule has 4 heteroatoms. The second-order valence-electron chi connectivity index (χ2n) is 2.47. The number of nitrogens with zero attached hydrogens (tertiary/aromatic N) is 1. The Bertz CT molecular complexity index is 386. The molecule has 2 rings (SSSR count). The molecule has 13 heavy (non-hydrogen) atoms. The number of hydrogen-bond donors (Lipinski definition) is 1. The van der Waals surface area contributed by atoms with Crippen LogP contribution in [0, 0.1) is 0 Å². The van der Waals surface area contributed by atoms with Crippen molar-refractivity contribution in [2.75, 3.05) is 5.73 Å². The smallest absolute Gasteiger partial charge is 0.260 e. The molecule has 0 aliphatic carbocycles. The van der Waals surface area contributed by atoms with Gasteiger partial charge in [0, 0.05) is 10.6 Å². The molecule has 0 aliphatic heterocycles. The van der Waals surface area contributed by atoms with Crippen molar-refractivity contribution in [2.24, 2.45) is 0 Å². The first kappa shape index (κ1) is 8.19. The first-order chi connectivity index (χ1) is 6.34. The molecule has 0 saturated heterocycles. The molecule has 0 spiro atoms. The minimum absolute atomic E-state index is 0.630. The van der Waals surface area contributed by atoms with Crippen molar-refractivity contribution in [3.63, 3.8) is 0 Å². The summed E-state index contributed by atoms with van der Waals surface area (Å²) < 4.78 is 5.09. The van der Waals surface area contributed by atoms with Crippen molar-refractivity contribution in [1.82, 2.24) is 4.98 Å². The van der Waals surface area contributed by atoms with E-state index < -0.39 is 0 Å². The molecule has 2 aromatic rings. The van der Waals surface area contributed by atoms with Gasteiger partial charge in [-0.25, -0.2) is 4.98 Å². The Kier molecular flexibility index (Phi) is 2.23. The van der Waals surface area contributed by atoms with E-state index in [0.29, 0.717) is 5.22 Å². The van der Waals surface area contributed by atoms with Crippen LogP contribution in [0.5, 0.6) is 0 Å². The van der Waals surface area contributed by atoms with Gasteiger partial charge >= 0.3 is 0 Å². The zero-order valence-electron chi connectivity index (χ0n) is 6.81. The molecule has 1 heterocycles. The molecule has 0 unspecified atom stereocenters. The van der Waals surface area contributed by atoms with Crippen molar-refractivity contribution in [3.8, 4) is 0 Å². The second kappa shape index (κ2) is 3.53. The highest BCUT2D eigenvalue weighted by Gasteiger charge is 2.00. The summed E-state index contributed by atoms with van der Waals surface area (Å²) in [5.74, 6) is 0. The van der Waals surface area contributed by atoms with Crippen LogP contribution in [-0.2, 0) is 0 Å². The van der Waals surface area contributed by atoms with E-state index in [1.54, 1.807) is 12.5 Å². The average molecular weight is 192 g/mol. The quantitative estimate of drug-likeness (QED) is 0.742. The Morgan fingerprint density at radius 3 is 3.00 bits per heavy atom. The lowest BCUT2D eigenvalue weighted by molar-refractivity contribution is 0.454. The predicted octanol–water partition coefficient (Wildman–Crippen LogP) is 2.41. The number of benzene rings is 1. The number of rotatable bonds is 2. The van der Waals surface area contributed by atoms with Gasteiger partial charge in [-0.15, -0.1) is 0 Å². The Hall–Kier alpha value is -1.42. The van der Waals surface area contributed by atoms with Gasteiger partial charge in [0.1, 0.15) is 6.26 Å². The fourth-order valence-corrected chi connectivity index (χ4v) is 1.70. The molecule has 1 aromatic carbocycles. The third-order valence-electron chi connectivity index (χ3n) is 1.47. The molecule has 0 saturated carbocycles. The Morgan fingerprint density at radius 1 is 1.38 bits per heavy atom. The van der Waals surface area contributed by atoms with Gasteiger partial charge in [0.15, 0.2) is 0 Å². The number of nitrogens with two attached hydrogens (primary N) is 1. The summed E-state index contributed by atoms with van der Waals surface area (Å²) in [6.07, 6.45) is 3.17. The van der Waals surface area contributed by atoms with E-state index in [1.807, 2.05) is 24.3 Å². The van der Waals surface area contributed by atoms with E-state index >= 15 is 0 Å². The fourth-order valence-electron chi connectivity index (χ4n) is 0.940. The zero-order chi connectivity index (χ0) is 9.10. The first-order valence-corrected chi connectivity index (χ1v) is 4.59. The summed E-state index contributed by atoms with van der Waals surface area (Å²) >= 11 is 1.45. The van der Waals surface area contributed by atoms with Crippen molar-refractivity contribution >= 4 is 17.4 Å². The topological polar surface area (TPSA) is 52.0 Å². The van der Waals surface area contributed by atoms with Crippen LogP contribution in [-0.4, -0.2) is 4.98 Å². The summed E-state index contributed by atoms with van der Waals surface area (Å²) in [7, 11) is 0. The summed E-state index contributed by atoms with van der Waals surface area (Å²) in [4.78, 5) is 5.03. The highest BCUT2D eigenvalue weighted by atomic mass is 32.2. The predicted molar refractivity (Wildman–Crippen MR) is 51.5 cm³/mol. The standard InChI is InChI=1S/C9H8N2OS/c10-7-2-1-3-8(6-7)13-9-11-4-5-12-9/h1-6H,10H2. The fraction of sp³-hybridized carbons (Fsp3) is 0. The molecule has 0 bridgehead atoms. The molecular formula is C9H8N2OS. The lowest BCUT2D eigenvalue weighted by Crippen LogP contribution is -1.83. The third-order valence-corrected chi connectivity index (χ3v) is 2.34. The van der Waals surface area contributed by atoms with Crippen LogP contribution in [0.15, 0.2) is 51.3 Å². The van der Waals surface area contributed by atoms with Gasteiger partial charge in [-0.05, 0) is 30.0 Å². The molecule has 0 amide bonds. The first-order valence-electron chi connectivity index (χ1n) is 3.77. The monoisotopic (exact) mass is 192 g/mol. The molecule has 2 N–H and O–H groups in total. The maximum absolute atomic E-state index is 5.62. The Balaban J connectivity index is 2.19. The Morgan fingerprint density at radius 2 is 2.31 bits per heavy atom. The maximum Gasteiger partial charge on any atom is 0.260 e. The van der Waals surface area contributed by atoms with Crippen molar-refractivity contribution in [2.45, 2.75) is 10.1 Å². The van der Waals surface area contributed by atoms with Gasteiger partial charge in [-0.3, -0.25) is 0 Å². The van der Waals surface area contributed by atoms with E-state index in [-0.39, 0.29) is 0 Å². The number of oxazole rings is 1. The normalized spacial score (nSPS) is 10.2. The van der Waals surface area contributed by atoms with Crippen LogP contribution < -0.4 is 5.73 Å². The van der Waals surface area contributed by atoms with Gasteiger partial charge in [-0.2, -0.15) is 0 Å². The van der Waals surface area contributed by atoms with E-state index in [1.165, 1.54) is 11.8 Å². The molecule has 1 aromatic heterocycles. The van der Waals surface area contributed by atoms with Crippen LogP contribution in [0.3, 0.4) is 0 Å². The van der Waals surface area contributed by atoms with Gasteiger partial charge in [0.25, 0.3) is 5.22 Å². The molecule has 0 atom stereocenters. The van der Waals surface area contributed by atoms with Crippen LogP contribution in [0.1, 0.15) is 0 Å². The second-order valence-corrected chi connectivity index (χ2v) is 3.50. The number of anilines is 1. The van der Waals surface area contributed by atoms with Crippen molar-refractivity contribution in [1.29, 1.82) is 0 Å². The number of hydrogen-bond acceptors (Lipinski definition) is 4. The maximum atomic E-state index is 5.62. The Labute approximate surface area is 80.0 Å². The lowest BCUT2D eigenvalue weighted by Gasteiger charge is -1.97. The zero-order valence-corrected chi connectivity index (χ0v) is 7.62. The van der Waals surface area contributed by atoms with E-state index in [9.17, 15) is 0 Å². The van der Waals surface area contributed by atoms with Crippen LogP contribution in [0.4, 0.5) is 5.69 Å². The van der Waals surface area contributed by atoms with Gasteiger partial charge in [0.2, 0.25) is 0 Å². The SMILES string of the molecule is Nc1cccc(Sc2ncco2)c1. The molecule has 0 radical (unpaired) electrons. The lowest BCUT2D eigenvalue weighted by atomic mass is 10.3. The van der Waals surface area contributed by atoms with E-state index in [0.717, 1.165) is 10.6 Å². The molecular weight excluding hydrogens is 184 g/mol. The van der Waals surface area contributed by atoms with Gasteiger partial charge in [0.05, 0.1) is 6.20 Å². The summed E-state index contributed by atoms with van der Waals surface area (Å²) in [6, 6.07) is 7.60. The highest BCUT2D eigenvalue weighted by Crippen LogP contribution is 2.26.